The van der Waals surface area contributed by atoms with Crippen molar-refractivity contribution in [2.75, 3.05) is 23.3 Å². The van der Waals surface area contributed by atoms with E-state index in [4.69, 9.17) is 0 Å². The molecule has 0 bridgehead atoms. The van der Waals surface area contributed by atoms with Crippen molar-refractivity contribution in [3.63, 3.8) is 0 Å². The van der Waals surface area contributed by atoms with Gasteiger partial charge in [-0.05, 0) is 47.9 Å². The monoisotopic (exact) mass is 416 g/mol. The third-order valence-corrected chi connectivity index (χ3v) is 6.15. The Hall–Kier alpha value is -1.59. The first kappa shape index (κ1) is 22.7. The van der Waals surface area contributed by atoms with Gasteiger partial charge in [0.2, 0.25) is 6.41 Å². The second-order valence-corrected chi connectivity index (χ2v) is 8.54. The Morgan fingerprint density at radius 3 is 2.61 bits per heavy atom. The van der Waals surface area contributed by atoms with E-state index < -0.39 is 0 Å². The number of amides is 1. The molecule has 0 aliphatic heterocycles. The average Bonchev–Trinajstić information content (AvgIpc) is 2.72. The quantitative estimate of drug-likeness (QED) is 0.162. The summed E-state index contributed by atoms with van der Waals surface area (Å²) in [6, 6.07) is 15.2. The lowest BCUT2D eigenvalue weighted by atomic mass is 9.96. The number of carbonyl (C=O) groups is 1. The number of hydrogen-bond donors (Lipinski definition) is 2. The number of hydrogen-bond acceptors (Lipinski definition) is 4. The van der Waals surface area contributed by atoms with Gasteiger partial charge in [-0.2, -0.15) is 0 Å². The molecule has 2 aromatic carbocycles. The van der Waals surface area contributed by atoms with Gasteiger partial charge in [-0.25, -0.2) is 0 Å². The van der Waals surface area contributed by atoms with E-state index in [1.54, 1.807) is 11.9 Å². The van der Waals surface area contributed by atoms with Crippen molar-refractivity contribution in [2.24, 2.45) is 0 Å². The fourth-order valence-corrected chi connectivity index (χ4v) is 4.58. The smallest absolute Gasteiger partial charge is 0.207 e. The lowest BCUT2D eigenvalue weighted by molar-refractivity contribution is -0.109. The molecule has 0 radical (unpaired) electrons. The van der Waals surface area contributed by atoms with E-state index in [0.29, 0.717) is 6.54 Å². The standard InChI is InChI=1S/C23H32N2OS2/c1-3-4-5-6-9-16-28-20-12-13-21(19(17-20)14-15-24-18-26)22-10-7-8-11-23(22)25-27-2/h7-8,10-13,17-18,25H,3-6,9,14-16H2,1-2H3,(H,24,26). The Morgan fingerprint density at radius 2 is 1.82 bits per heavy atom. The van der Waals surface area contributed by atoms with E-state index in [-0.39, 0.29) is 0 Å². The maximum absolute atomic E-state index is 10.7. The predicted molar refractivity (Wildman–Crippen MR) is 126 cm³/mol. The Bertz CT molecular complexity index is 721. The molecule has 0 unspecified atom stereocenters. The maximum atomic E-state index is 10.7. The summed E-state index contributed by atoms with van der Waals surface area (Å²) in [5.41, 5.74) is 4.84. The molecular formula is C23H32N2OS2. The minimum Gasteiger partial charge on any atom is -0.358 e. The Balaban J connectivity index is 2.15. The van der Waals surface area contributed by atoms with Gasteiger partial charge in [0, 0.05) is 23.3 Å². The molecule has 3 nitrogen and oxygen atoms in total. The van der Waals surface area contributed by atoms with Gasteiger partial charge in [-0.1, -0.05) is 68.8 Å². The van der Waals surface area contributed by atoms with Crippen LogP contribution in [0.15, 0.2) is 47.4 Å². The zero-order chi connectivity index (χ0) is 20.0. The minimum absolute atomic E-state index is 0.653. The Morgan fingerprint density at radius 1 is 1.00 bits per heavy atom. The molecule has 2 rings (SSSR count). The van der Waals surface area contributed by atoms with Crippen LogP contribution in [0.3, 0.4) is 0 Å². The van der Waals surface area contributed by atoms with Gasteiger partial charge in [0.1, 0.15) is 0 Å². The topological polar surface area (TPSA) is 41.1 Å². The summed E-state index contributed by atoms with van der Waals surface area (Å²) >= 11 is 3.54. The Kier molecular flexibility index (Phi) is 11.0. The predicted octanol–water partition coefficient (Wildman–Crippen LogP) is 6.39. The van der Waals surface area contributed by atoms with Crippen molar-refractivity contribution in [3.8, 4) is 11.1 Å². The molecule has 0 heterocycles. The number of nitrogens with one attached hydrogen (secondary N) is 2. The number of anilines is 1. The molecule has 2 N–H and O–H groups in total. The highest BCUT2D eigenvalue weighted by molar-refractivity contribution is 7.99. The van der Waals surface area contributed by atoms with E-state index >= 15 is 0 Å². The highest BCUT2D eigenvalue weighted by Crippen LogP contribution is 2.34. The van der Waals surface area contributed by atoms with Crippen LogP contribution in [-0.4, -0.2) is 25.0 Å². The average molecular weight is 417 g/mol. The van der Waals surface area contributed by atoms with Crippen LogP contribution in [0, 0.1) is 0 Å². The third kappa shape index (κ3) is 7.44. The van der Waals surface area contributed by atoms with Crippen LogP contribution in [0.2, 0.25) is 0 Å². The van der Waals surface area contributed by atoms with Crippen LogP contribution < -0.4 is 10.0 Å². The molecule has 0 atom stereocenters. The van der Waals surface area contributed by atoms with Crippen LogP contribution in [0.25, 0.3) is 11.1 Å². The second-order valence-electron chi connectivity index (χ2n) is 6.76. The fraction of sp³-hybridized carbons (Fsp3) is 0.435. The summed E-state index contributed by atoms with van der Waals surface area (Å²) in [4.78, 5) is 12.0. The van der Waals surface area contributed by atoms with Gasteiger partial charge >= 0.3 is 0 Å². The van der Waals surface area contributed by atoms with Gasteiger partial charge in [0.25, 0.3) is 0 Å². The normalized spacial score (nSPS) is 10.6. The van der Waals surface area contributed by atoms with Gasteiger partial charge in [0.15, 0.2) is 0 Å². The molecule has 1 amide bonds. The van der Waals surface area contributed by atoms with Gasteiger partial charge < -0.3 is 10.0 Å². The zero-order valence-electron chi connectivity index (χ0n) is 17.0. The minimum atomic E-state index is 0.653. The summed E-state index contributed by atoms with van der Waals surface area (Å²) in [5, 5.41) is 2.80. The van der Waals surface area contributed by atoms with Crippen molar-refractivity contribution in [1.29, 1.82) is 0 Å². The first-order valence-corrected chi connectivity index (χ1v) is 12.3. The summed E-state index contributed by atoms with van der Waals surface area (Å²) in [6.45, 7) is 2.91. The molecule has 2 aromatic rings. The fourth-order valence-electron chi connectivity index (χ4n) is 3.21. The van der Waals surface area contributed by atoms with Crippen LogP contribution in [-0.2, 0) is 11.2 Å². The first-order chi connectivity index (χ1) is 13.8. The molecule has 152 valence electrons. The molecule has 0 fully saturated rings. The molecule has 0 saturated carbocycles. The molecule has 28 heavy (non-hydrogen) atoms. The maximum Gasteiger partial charge on any atom is 0.207 e. The first-order valence-electron chi connectivity index (χ1n) is 10.1. The van der Waals surface area contributed by atoms with E-state index in [1.807, 2.05) is 18.0 Å². The number of rotatable bonds is 14. The van der Waals surface area contributed by atoms with Crippen molar-refractivity contribution in [2.45, 2.75) is 50.3 Å². The van der Waals surface area contributed by atoms with Crippen LogP contribution in [0.4, 0.5) is 5.69 Å². The van der Waals surface area contributed by atoms with Crippen molar-refractivity contribution >= 4 is 35.8 Å². The largest absolute Gasteiger partial charge is 0.358 e. The van der Waals surface area contributed by atoms with Crippen LogP contribution in [0.1, 0.15) is 44.6 Å². The van der Waals surface area contributed by atoms with Crippen LogP contribution in [0.5, 0.6) is 0 Å². The number of unbranched alkanes of at least 4 members (excludes halogenated alkanes) is 4. The molecule has 5 heteroatoms. The van der Waals surface area contributed by atoms with Crippen molar-refractivity contribution in [3.05, 3.63) is 48.0 Å². The number of benzene rings is 2. The molecular weight excluding hydrogens is 384 g/mol. The number of para-hydroxylation sites is 1. The van der Waals surface area contributed by atoms with E-state index in [9.17, 15) is 4.79 Å². The van der Waals surface area contributed by atoms with E-state index in [0.717, 1.165) is 18.5 Å². The van der Waals surface area contributed by atoms with Crippen LogP contribution >= 0.6 is 23.7 Å². The van der Waals surface area contributed by atoms with Gasteiger partial charge in [-0.15, -0.1) is 11.8 Å². The SMILES string of the molecule is CCCCCCCSc1ccc(-c2ccccc2NSC)c(CCNC=O)c1. The zero-order valence-corrected chi connectivity index (χ0v) is 18.6. The molecule has 0 aliphatic carbocycles. The Labute approximate surface area is 178 Å². The molecule has 0 aromatic heterocycles. The summed E-state index contributed by atoms with van der Waals surface area (Å²) < 4.78 is 3.38. The van der Waals surface area contributed by atoms with Gasteiger partial charge in [0.05, 0.1) is 5.69 Å². The lowest BCUT2D eigenvalue weighted by Crippen LogP contribution is -2.14. The summed E-state index contributed by atoms with van der Waals surface area (Å²) in [7, 11) is 0. The van der Waals surface area contributed by atoms with E-state index in [1.165, 1.54) is 59.4 Å². The second kappa shape index (κ2) is 13.6. The highest BCUT2D eigenvalue weighted by Gasteiger charge is 2.11. The molecule has 0 saturated heterocycles. The number of thioether (sulfide) groups is 1. The van der Waals surface area contributed by atoms with Gasteiger partial charge in [-0.3, -0.25) is 4.79 Å². The molecule has 0 aliphatic rings. The lowest BCUT2D eigenvalue weighted by Gasteiger charge is -2.16. The highest BCUT2D eigenvalue weighted by atomic mass is 32.2. The van der Waals surface area contributed by atoms with E-state index in [2.05, 4.69) is 59.4 Å². The number of carbonyl (C=O) groups excluding carboxylic acids is 1. The summed E-state index contributed by atoms with van der Waals surface area (Å²) in [6.07, 6.45) is 10.2. The molecule has 0 spiro atoms. The third-order valence-electron chi connectivity index (χ3n) is 4.64. The summed E-state index contributed by atoms with van der Waals surface area (Å²) in [5.74, 6) is 1.17. The van der Waals surface area contributed by atoms with Crippen molar-refractivity contribution in [1.82, 2.24) is 5.32 Å². The van der Waals surface area contributed by atoms with Crippen molar-refractivity contribution < 1.29 is 4.79 Å².